The molecule has 0 aliphatic carbocycles. The summed E-state index contributed by atoms with van der Waals surface area (Å²) in [5.74, 6) is 5.56. The molecule has 1 rings (SSSR count). The highest BCUT2D eigenvalue weighted by atomic mass is 35.5. The molecular weight excluding hydrogens is 235 g/mol. The Morgan fingerprint density at radius 2 is 2.33 bits per heavy atom. The van der Waals surface area contributed by atoms with E-state index in [-0.39, 0.29) is 10.1 Å². The SMILES string of the molecule is CC(=O)SCC#Cc1ccc(F)c(Cl)c1. The molecule has 0 fully saturated rings. The zero-order chi connectivity index (χ0) is 11.3. The molecule has 0 spiro atoms. The number of hydrogen-bond donors (Lipinski definition) is 0. The van der Waals surface area contributed by atoms with Gasteiger partial charge in [0.05, 0.1) is 10.8 Å². The van der Waals surface area contributed by atoms with E-state index in [1.807, 2.05) is 0 Å². The van der Waals surface area contributed by atoms with E-state index in [9.17, 15) is 9.18 Å². The van der Waals surface area contributed by atoms with Crippen LogP contribution in [-0.4, -0.2) is 10.9 Å². The van der Waals surface area contributed by atoms with Crippen molar-refractivity contribution in [2.75, 3.05) is 5.75 Å². The van der Waals surface area contributed by atoms with Crippen molar-refractivity contribution in [1.29, 1.82) is 0 Å². The second kappa shape index (κ2) is 5.79. The van der Waals surface area contributed by atoms with Crippen LogP contribution < -0.4 is 0 Å². The lowest BCUT2D eigenvalue weighted by Gasteiger charge is -1.93. The molecular formula is C11H8ClFOS. The zero-order valence-corrected chi connectivity index (χ0v) is 9.58. The lowest BCUT2D eigenvalue weighted by molar-refractivity contribution is -0.109. The molecule has 0 atom stereocenters. The molecule has 78 valence electrons. The van der Waals surface area contributed by atoms with Crippen molar-refractivity contribution < 1.29 is 9.18 Å². The van der Waals surface area contributed by atoms with Gasteiger partial charge in [-0.15, -0.1) is 0 Å². The maximum absolute atomic E-state index is 12.8. The largest absolute Gasteiger partial charge is 0.288 e. The van der Waals surface area contributed by atoms with Gasteiger partial charge in [-0.2, -0.15) is 0 Å². The lowest BCUT2D eigenvalue weighted by Crippen LogP contribution is -1.83. The first-order valence-electron chi connectivity index (χ1n) is 4.17. The van der Waals surface area contributed by atoms with Crippen LogP contribution in [0.2, 0.25) is 5.02 Å². The normalized spacial score (nSPS) is 9.27. The molecule has 0 heterocycles. The van der Waals surface area contributed by atoms with E-state index >= 15 is 0 Å². The second-order valence-electron chi connectivity index (χ2n) is 2.71. The van der Waals surface area contributed by atoms with Gasteiger partial charge in [0, 0.05) is 12.5 Å². The third kappa shape index (κ3) is 4.37. The zero-order valence-electron chi connectivity index (χ0n) is 8.01. The molecule has 4 heteroatoms. The quantitative estimate of drug-likeness (QED) is 0.704. The molecule has 0 unspecified atom stereocenters. The van der Waals surface area contributed by atoms with Crippen molar-refractivity contribution in [3.05, 3.63) is 34.6 Å². The molecule has 1 aromatic rings. The van der Waals surface area contributed by atoms with Gasteiger partial charge >= 0.3 is 0 Å². The van der Waals surface area contributed by atoms with Gasteiger partial charge in [0.15, 0.2) is 5.12 Å². The van der Waals surface area contributed by atoms with Crippen molar-refractivity contribution >= 4 is 28.5 Å². The van der Waals surface area contributed by atoms with Crippen LogP contribution in [0.25, 0.3) is 0 Å². The van der Waals surface area contributed by atoms with Crippen molar-refractivity contribution in [3.63, 3.8) is 0 Å². The molecule has 0 aromatic heterocycles. The van der Waals surface area contributed by atoms with E-state index in [4.69, 9.17) is 11.6 Å². The number of carbonyl (C=O) groups is 1. The van der Waals surface area contributed by atoms with Crippen molar-refractivity contribution in [2.45, 2.75) is 6.92 Å². The first kappa shape index (κ1) is 12.1. The van der Waals surface area contributed by atoms with Crippen molar-refractivity contribution in [2.24, 2.45) is 0 Å². The molecule has 0 bridgehead atoms. The van der Waals surface area contributed by atoms with Gasteiger partial charge in [-0.25, -0.2) is 4.39 Å². The van der Waals surface area contributed by atoms with E-state index in [1.165, 1.54) is 19.1 Å². The van der Waals surface area contributed by atoms with Crippen molar-refractivity contribution in [1.82, 2.24) is 0 Å². The smallest absolute Gasteiger partial charge is 0.186 e. The predicted octanol–water partition coefficient (Wildman–Crippen LogP) is 3.11. The van der Waals surface area contributed by atoms with E-state index in [0.717, 1.165) is 11.8 Å². The molecule has 0 saturated heterocycles. The monoisotopic (exact) mass is 242 g/mol. The number of benzene rings is 1. The van der Waals surface area contributed by atoms with Gasteiger partial charge in [-0.05, 0) is 18.2 Å². The molecule has 1 aromatic carbocycles. The molecule has 0 aliphatic heterocycles. The summed E-state index contributed by atoms with van der Waals surface area (Å²) in [7, 11) is 0. The van der Waals surface area contributed by atoms with Crippen LogP contribution in [0.4, 0.5) is 4.39 Å². The number of halogens is 2. The van der Waals surface area contributed by atoms with E-state index in [0.29, 0.717) is 11.3 Å². The Kier molecular flexibility index (Phi) is 4.67. The maximum Gasteiger partial charge on any atom is 0.186 e. The van der Waals surface area contributed by atoms with Crippen LogP contribution >= 0.6 is 23.4 Å². The van der Waals surface area contributed by atoms with Gasteiger partial charge in [-0.1, -0.05) is 35.2 Å². The summed E-state index contributed by atoms with van der Waals surface area (Å²) >= 11 is 6.71. The third-order valence-electron chi connectivity index (χ3n) is 1.50. The van der Waals surface area contributed by atoms with Gasteiger partial charge < -0.3 is 0 Å². The van der Waals surface area contributed by atoms with E-state index in [1.54, 1.807) is 6.07 Å². The fourth-order valence-corrected chi connectivity index (χ4v) is 1.38. The number of thioether (sulfide) groups is 1. The van der Waals surface area contributed by atoms with Gasteiger partial charge in [0.2, 0.25) is 0 Å². The first-order chi connectivity index (χ1) is 7.09. The number of carbonyl (C=O) groups excluding carboxylic acids is 1. The van der Waals surface area contributed by atoms with Gasteiger partial charge in [0.1, 0.15) is 5.82 Å². The van der Waals surface area contributed by atoms with Crippen LogP contribution in [0.1, 0.15) is 12.5 Å². The Hall–Kier alpha value is -0.980. The average Bonchev–Trinajstić information content (AvgIpc) is 2.18. The fraction of sp³-hybridized carbons (Fsp3) is 0.182. The predicted molar refractivity (Wildman–Crippen MR) is 61.4 cm³/mol. The Balaban J connectivity index is 2.64. The van der Waals surface area contributed by atoms with Crippen LogP contribution in [0.5, 0.6) is 0 Å². The molecule has 0 amide bonds. The van der Waals surface area contributed by atoms with Crippen LogP contribution in [0.15, 0.2) is 18.2 Å². The Morgan fingerprint density at radius 1 is 1.60 bits per heavy atom. The second-order valence-corrected chi connectivity index (χ2v) is 4.27. The molecule has 0 saturated carbocycles. The number of rotatable bonds is 1. The fourth-order valence-electron chi connectivity index (χ4n) is 0.850. The summed E-state index contributed by atoms with van der Waals surface area (Å²) < 4.78 is 12.8. The maximum atomic E-state index is 12.8. The van der Waals surface area contributed by atoms with Crippen LogP contribution in [0.3, 0.4) is 0 Å². The summed E-state index contributed by atoms with van der Waals surface area (Å²) in [5, 5.41) is 0.0856. The van der Waals surface area contributed by atoms with Crippen LogP contribution in [0, 0.1) is 17.7 Å². The van der Waals surface area contributed by atoms with Crippen LogP contribution in [-0.2, 0) is 4.79 Å². The van der Waals surface area contributed by atoms with Gasteiger partial charge in [0.25, 0.3) is 0 Å². The molecule has 1 nitrogen and oxygen atoms in total. The first-order valence-corrected chi connectivity index (χ1v) is 5.53. The minimum atomic E-state index is -0.458. The minimum absolute atomic E-state index is 0.0291. The standard InChI is InChI=1S/C11H8ClFOS/c1-8(14)15-6-2-3-9-4-5-11(13)10(12)7-9/h4-5,7H,6H2,1H3. The molecule has 0 aliphatic rings. The summed E-state index contributed by atoms with van der Waals surface area (Å²) in [5.41, 5.74) is 0.644. The Morgan fingerprint density at radius 3 is 2.93 bits per heavy atom. The van der Waals surface area contributed by atoms with Crippen molar-refractivity contribution in [3.8, 4) is 11.8 Å². The molecule has 0 N–H and O–H groups in total. The highest BCUT2D eigenvalue weighted by Gasteiger charge is 1.98. The Bertz CT molecular complexity index is 434. The summed E-state index contributed by atoms with van der Waals surface area (Å²) in [4.78, 5) is 10.6. The van der Waals surface area contributed by atoms with Gasteiger partial charge in [-0.3, -0.25) is 4.79 Å². The van der Waals surface area contributed by atoms with E-state index in [2.05, 4.69) is 11.8 Å². The molecule has 15 heavy (non-hydrogen) atoms. The average molecular weight is 243 g/mol. The summed E-state index contributed by atoms with van der Waals surface area (Å²) in [6, 6.07) is 4.28. The molecule has 0 radical (unpaired) electrons. The lowest BCUT2D eigenvalue weighted by atomic mass is 10.2. The van der Waals surface area contributed by atoms with E-state index < -0.39 is 5.82 Å². The number of hydrogen-bond acceptors (Lipinski definition) is 2. The highest BCUT2D eigenvalue weighted by Crippen LogP contribution is 2.15. The Labute approximate surface area is 97.0 Å². The summed E-state index contributed by atoms with van der Waals surface area (Å²) in [6.45, 7) is 1.49. The minimum Gasteiger partial charge on any atom is -0.288 e. The summed E-state index contributed by atoms with van der Waals surface area (Å²) in [6.07, 6.45) is 0. The topological polar surface area (TPSA) is 17.1 Å². The highest BCUT2D eigenvalue weighted by molar-refractivity contribution is 8.13. The third-order valence-corrected chi connectivity index (χ3v) is 2.48.